The van der Waals surface area contributed by atoms with Crippen molar-refractivity contribution >= 4 is 16.9 Å². The van der Waals surface area contributed by atoms with Crippen LogP contribution >= 0.6 is 0 Å². The standard InChI is InChI=1S/C10H9NO2/c1-6-4-3-5-8-9(6)13-10(11-8)7(2)12/h3-5H,1-2H3. The van der Waals surface area contributed by atoms with Gasteiger partial charge in [0, 0.05) is 6.92 Å². The number of hydrogen-bond donors (Lipinski definition) is 0. The lowest BCUT2D eigenvalue weighted by Gasteiger charge is -1.89. The molecular formula is C10H9NO2. The second-order valence-electron chi connectivity index (χ2n) is 3.00. The van der Waals surface area contributed by atoms with Crippen LogP contribution in [0, 0.1) is 6.92 Å². The highest BCUT2D eigenvalue weighted by molar-refractivity contribution is 5.92. The van der Waals surface area contributed by atoms with E-state index in [1.54, 1.807) is 0 Å². The lowest BCUT2D eigenvalue weighted by molar-refractivity contribution is 0.0983. The summed E-state index contributed by atoms with van der Waals surface area (Å²) >= 11 is 0. The van der Waals surface area contributed by atoms with E-state index in [2.05, 4.69) is 4.98 Å². The summed E-state index contributed by atoms with van der Waals surface area (Å²) in [5, 5.41) is 0. The summed E-state index contributed by atoms with van der Waals surface area (Å²) in [6.07, 6.45) is 0. The zero-order valence-electron chi connectivity index (χ0n) is 7.50. The lowest BCUT2D eigenvalue weighted by Crippen LogP contribution is -1.89. The first-order valence-electron chi connectivity index (χ1n) is 4.05. The van der Waals surface area contributed by atoms with Gasteiger partial charge in [0.2, 0.25) is 5.78 Å². The van der Waals surface area contributed by atoms with Gasteiger partial charge in [-0.3, -0.25) is 4.79 Å². The van der Waals surface area contributed by atoms with E-state index in [-0.39, 0.29) is 11.7 Å². The smallest absolute Gasteiger partial charge is 0.263 e. The van der Waals surface area contributed by atoms with Gasteiger partial charge in [0.15, 0.2) is 5.58 Å². The topological polar surface area (TPSA) is 43.1 Å². The Kier molecular flexibility index (Phi) is 1.65. The Morgan fingerprint density at radius 2 is 2.23 bits per heavy atom. The zero-order valence-corrected chi connectivity index (χ0v) is 7.50. The summed E-state index contributed by atoms with van der Waals surface area (Å²) in [7, 11) is 0. The van der Waals surface area contributed by atoms with Gasteiger partial charge in [-0.25, -0.2) is 4.98 Å². The largest absolute Gasteiger partial charge is 0.433 e. The zero-order chi connectivity index (χ0) is 9.42. The third-order valence-electron chi connectivity index (χ3n) is 1.91. The normalized spacial score (nSPS) is 10.6. The lowest BCUT2D eigenvalue weighted by atomic mass is 10.2. The third kappa shape index (κ3) is 1.22. The van der Waals surface area contributed by atoms with Crippen LogP contribution in [0.3, 0.4) is 0 Å². The molecule has 3 nitrogen and oxygen atoms in total. The van der Waals surface area contributed by atoms with E-state index >= 15 is 0 Å². The SMILES string of the molecule is CC(=O)c1nc2cccc(C)c2o1. The first kappa shape index (κ1) is 7.98. The highest BCUT2D eigenvalue weighted by atomic mass is 16.4. The molecule has 0 aliphatic rings. The highest BCUT2D eigenvalue weighted by Gasteiger charge is 2.10. The molecule has 0 amide bonds. The number of Topliss-reactive ketones (excluding diaryl/α,β-unsaturated/α-hetero) is 1. The number of aromatic nitrogens is 1. The van der Waals surface area contributed by atoms with Crippen LogP contribution in [-0.4, -0.2) is 10.8 Å². The minimum Gasteiger partial charge on any atom is -0.433 e. The van der Waals surface area contributed by atoms with Crippen molar-refractivity contribution in [3.05, 3.63) is 29.7 Å². The van der Waals surface area contributed by atoms with Gasteiger partial charge in [0.25, 0.3) is 5.89 Å². The number of fused-ring (bicyclic) bond motifs is 1. The van der Waals surface area contributed by atoms with Crippen LogP contribution in [0.25, 0.3) is 11.1 Å². The molecule has 2 aromatic rings. The number of ketones is 1. The number of rotatable bonds is 1. The molecule has 1 aromatic carbocycles. The number of carbonyl (C=O) groups excluding carboxylic acids is 1. The summed E-state index contributed by atoms with van der Waals surface area (Å²) in [5.74, 6) is 0.0416. The molecule has 0 aliphatic heterocycles. The molecule has 0 N–H and O–H groups in total. The molecule has 13 heavy (non-hydrogen) atoms. The van der Waals surface area contributed by atoms with Crippen molar-refractivity contribution in [2.24, 2.45) is 0 Å². The second-order valence-corrected chi connectivity index (χ2v) is 3.00. The molecule has 0 unspecified atom stereocenters. The van der Waals surface area contributed by atoms with Gasteiger partial charge in [0.1, 0.15) is 5.52 Å². The fourth-order valence-corrected chi connectivity index (χ4v) is 1.24. The molecule has 0 radical (unpaired) electrons. The maximum atomic E-state index is 11.0. The molecule has 0 saturated carbocycles. The Morgan fingerprint density at radius 1 is 1.46 bits per heavy atom. The Morgan fingerprint density at radius 3 is 2.85 bits per heavy atom. The molecule has 0 bridgehead atoms. The molecule has 2 rings (SSSR count). The van der Waals surface area contributed by atoms with Crippen LogP contribution in [0.4, 0.5) is 0 Å². The molecule has 0 fully saturated rings. The van der Waals surface area contributed by atoms with Crippen molar-refractivity contribution in [2.75, 3.05) is 0 Å². The first-order valence-corrected chi connectivity index (χ1v) is 4.05. The fourth-order valence-electron chi connectivity index (χ4n) is 1.24. The molecule has 1 aromatic heterocycles. The Hall–Kier alpha value is -1.64. The third-order valence-corrected chi connectivity index (χ3v) is 1.91. The predicted molar refractivity (Wildman–Crippen MR) is 48.8 cm³/mol. The summed E-state index contributed by atoms with van der Waals surface area (Å²) in [4.78, 5) is 15.0. The summed E-state index contributed by atoms with van der Waals surface area (Å²) < 4.78 is 5.30. The fraction of sp³-hybridized carbons (Fsp3) is 0.200. The van der Waals surface area contributed by atoms with E-state index in [1.807, 2.05) is 25.1 Å². The van der Waals surface area contributed by atoms with Gasteiger partial charge in [-0.05, 0) is 18.6 Å². The average molecular weight is 175 g/mol. The molecular weight excluding hydrogens is 166 g/mol. The summed E-state index contributed by atoms with van der Waals surface area (Å²) in [6, 6.07) is 5.65. The van der Waals surface area contributed by atoms with Crippen LogP contribution in [0.1, 0.15) is 23.2 Å². The van der Waals surface area contributed by atoms with Crippen molar-refractivity contribution in [2.45, 2.75) is 13.8 Å². The maximum Gasteiger partial charge on any atom is 0.263 e. The molecule has 0 aliphatic carbocycles. The monoisotopic (exact) mass is 175 g/mol. The molecule has 66 valence electrons. The number of benzene rings is 1. The van der Waals surface area contributed by atoms with E-state index in [1.165, 1.54) is 6.92 Å². The predicted octanol–water partition coefficient (Wildman–Crippen LogP) is 2.34. The van der Waals surface area contributed by atoms with Crippen molar-refractivity contribution in [1.82, 2.24) is 4.98 Å². The number of hydrogen-bond acceptors (Lipinski definition) is 3. The van der Waals surface area contributed by atoms with Crippen molar-refractivity contribution in [1.29, 1.82) is 0 Å². The quantitative estimate of drug-likeness (QED) is 0.625. The molecule has 0 spiro atoms. The Labute approximate surface area is 75.4 Å². The van der Waals surface area contributed by atoms with Crippen LogP contribution in [0.2, 0.25) is 0 Å². The number of nitrogens with zero attached hydrogens (tertiary/aromatic N) is 1. The van der Waals surface area contributed by atoms with Crippen molar-refractivity contribution in [3.8, 4) is 0 Å². The van der Waals surface area contributed by atoms with Gasteiger partial charge in [-0.1, -0.05) is 12.1 Å². The molecule has 1 heterocycles. The highest BCUT2D eigenvalue weighted by Crippen LogP contribution is 2.19. The van der Waals surface area contributed by atoms with Crippen LogP contribution in [0.15, 0.2) is 22.6 Å². The van der Waals surface area contributed by atoms with E-state index < -0.39 is 0 Å². The number of aryl methyl sites for hydroxylation is 1. The summed E-state index contributed by atoms with van der Waals surface area (Å²) in [6.45, 7) is 3.37. The first-order chi connectivity index (χ1) is 6.18. The Bertz CT molecular complexity index is 471. The van der Waals surface area contributed by atoms with Gasteiger partial charge < -0.3 is 4.42 Å². The maximum absolute atomic E-state index is 11.0. The van der Waals surface area contributed by atoms with Gasteiger partial charge >= 0.3 is 0 Å². The van der Waals surface area contributed by atoms with Gasteiger partial charge in [-0.15, -0.1) is 0 Å². The van der Waals surface area contributed by atoms with E-state index in [0.717, 1.165) is 11.1 Å². The van der Waals surface area contributed by atoms with E-state index in [0.29, 0.717) is 5.58 Å². The van der Waals surface area contributed by atoms with Crippen LogP contribution < -0.4 is 0 Å². The second kappa shape index (κ2) is 2.69. The number of carbonyl (C=O) groups is 1. The summed E-state index contributed by atoms with van der Waals surface area (Å²) in [5.41, 5.74) is 2.44. The molecule has 0 saturated heterocycles. The molecule has 0 atom stereocenters. The van der Waals surface area contributed by atoms with Crippen molar-refractivity contribution < 1.29 is 9.21 Å². The van der Waals surface area contributed by atoms with Crippen molar-refractivity contribution in [3.63, 3.8) is 0 Å². The number of para-hydroxylation sites is 1. The van der Waals surface area contributed by atoms with E-state index in [4.69, 9.17) is 4.42 Å². The van der Waals surface area contributed by atoms with Crippen LogP contribution in [0.5, 0.6) is 0 Å². The molecule has 3 heteroatoms. The minimum absolute atomic E-state index is 0.143. The van der Waals surface area contributed by atoms with Crippen LogP contribution in [-0.2, 0) is 0 Å². The average Bonchev–Trinajstić information content (AvgIpc) is 2.49. The van der Waals surface area contributed by atoms with Gasteiger partial charge in [-0.2, -0.15) is 0 Å². The van der Waals surface area contributed by atoms with Gasteiger partial charge in [0.05, 0.1) is 0 Å². The van der Waals surface area contributed by atoms with E-state index in [9.17, 15) is 4.79 Å². The minimum atomic E-state index is -0.143. The number of oxazole rings is 1. The Balaban J connectivity index is 2.75.